The Kier molecular flexibility index (Phi) is 68.5. The van der Waals surface area contributed by atoms with E-state index in [0.717, 1.165) is 0 Å². The van der Waals surface area contributed by atoms with Crippen molar-refractivity contribution in [1.29, 1.82) is 0 Å². The summed E-state index contributed by atoms with van der Waals surface area (Å²) in [6.07, 6.45) is 6.66. The van der Waals surface area contributed by atoms with Gasteiger partial charge in [-0.3, -0.25) is 0 Å². The van der Waals surface area contributed by atoms with Gasteiger partial charge in [0.15, 0.2) is 0 Å². The van der Waals surface area contributed by atoms with E-state index in [4.69, 9.17) is 40.5 Å². The van der Waals surface area contributed by atoms with Crippen LogP contribution >= 0.6 is 11.6 Å². The van der Waals surface area contributed by atoms with Gasteiger partial charge >= 0.3 is 33.9 Å². The smallest absolute Gasteiger partial charge is 0 e. The maximum Gasteiger partial charge on any atom is 0 e. The van der Waals surface area contributed by atoms with Gasteiger partial charge in [0.1, 0.15) is 0 Å². The van der Waals surface area contributed by atoms with Gasteiger partial charge in [-0.15, -0.1) is 11.6 Å². The van der Waals surface area contributed by atoms with Crippen LogP contribution < -0.4 is 0 Å². The number of alkyl halides is 1. The van der Waals surface area contributed by atoms with Gasteiger partial charge in [0.2, 0.25) is 0 Å². The van der Waals surface area contributed by atoms with E-state index >= 15 is 0 Å². The second kappa shape index (κ2) is 42.8. The van der Waals surface area contributed by atoms with Crippen molar-refractivity contribution in [3.8, 4) is 0 Å². The van der Waals surface area contributed by atoms with E-state index < -0.39 is 0 Å². The summed E-state index contributed by atoms with van der Waals surface area (Å²) in [4.78, 5) is 0. The average Bonchev–Trinajstić information content (AvgIpc) is 2.52. The third-order valence-corrected chi connectivity index (χ3v) is 1.56. The molecule has 0 aliphatic heterocycles. The van der Waals surface area contributed by atoms with Crippen molar-refractivity contribution in [3.05, 3.63) is 45.6 Å². The number of aliphatic hydroxyl groups excluding tert-OH is 2. The Hall–Kier alpha value is -0.0905. The molecule has 0 aromatic heterocycles. The first kappa shape index (κ1) is 32.0. The van der Waals surface area contributed by atoms with Crippen LogP contribution in [0.2, 0.25) is 0 Å². The summed E-state index contributed by atoms with van der Waals surface area (Å²) in [5.74, 6) is 0.351. The number of ether oxygens (including phenoxy) is 1. The Bertz CT molecular complexity index is 184. The maximum atomic E-state index is 8.48. The van der Waals surface area contributed by atoms with Crippen LogP contribution in [0, 0.1) is 45.6 Å². The molecule has 6 nitrogen and oxygen atoms in total. The summed E-state index contributed by atoms with van der Waals surface area (Å²) in [5, 5.41) is 16.9. The van der Waals surface area contributed by atoms with E-state index in [-0.39, 0.29) is 43.0 Å². The zero-order valence-corrected chi connectivity index (χ0v) is 12.3. The molecule has 0 aliphatic rings. The van der Waals surface area contributed by atoms with Gasteiger partial charge < -0.3 is 14.9 Å². The number of unbranched alkanes of at least 4 members (excludes halogenated alkanes) is 2. The van der Waals surface area contributed by atoms with E-state index in [9.17, 15) is 0 Å². The van der Waals surface area contributed by atoms with Gasteiger partial charge in [0.05, 0.1) is 19.3 Å². The monoisotopic (exact) mass is 346 g/mol. The molecule has 0 rings (SSSR count). The van der Waals surface area contributed by atoms with Gasteiger partial charge in [0, 0.05) is 29.6 Å². The second-order valence-corrected chi connectivity index (χ2v) is 2.59. The van der Waals surface area contributed by atoms with Crippen LogP contribution in [0.25, 0.3) is 0 Å². The Morgan fingerprint density at radius 1 is 1.05 bits per heavy atom. The second-order valence-electron chi connectivity index (χ2n) is 2.28. The standard InChI is InChI=1S/C9H15ClO3.3CO.Fe/c10-8-9(13-7-6-12)4-2-1-3-5-11;3*1-2;/h1-4,9,11-12H,5-8H2;;;;/t9-;;;;/m0..../s1. The van der Waals surface area contributed by atoms with E-state index in [1.54, 1.807) is 25.7 Å². The number of aliphatic hydroxyl groups is 2. The Morgan fingerprint density at radius 3 is 1.90 bits per heavy atom. The van der Waals surface area contributed by atoms with Crippen molar-refractivity contribution in [2.45, 2.75) is 6.10 Å². The molecule has 0 unspecified atom stereocenters. The summed E-state index contributed by atoms with van der Waals surface area (Å²) < 4.78 is 27.7. The minimum absolute atomic E-state index is 0. The van der Waals surface area contributed by atoms with Gasteiger partial charge in [-0.2, -0.15) is 0 Å². The first-order valence-electron chi connectivity index (χ1n) is 4.69. The van der Waals surface area contributed by atoms with Crippen LogP contribution in [-0.2, 0) is 35.8 Å². The quantitative estimate of drug-likeness (QED) is 0.206. The van der Waals surface area contributed by atoms with Crippen LogP contribution in [0.4, 0.5) is 0 Å². The molecule has 0 aliphatic carbocycles. The van der Waals surface area contributed by atoms with E-state index in [0.29, 0.717) is 5.88 Å². The molecule has 0 saturated heterocycles. The maximum absolute atomic E-state index is 8.48. The molecule has 2 N–H and O–H groups in total. The van der Waals surface area contributed by atoms with Gasteiger partial charge in [0.25, 0.3) is 0 Å². The van der Waals surface area contributed by atoms with Crippen molar-refractivity contribution >= 4 is 11.6 Å². The predicted octanol–water partition coefficient (Wildman–Crippen LogP) is 0.297. The Labute approximate surface area is 135 Å². The Morgan fingerprint density at radius 2 is 1.55 bits per heavy atom. The summed E-state index contributed by atoms with van der Waals surface area (Å²) in [5.41, 5.74) is 0. The van der Waals surface area contributed by atoms with Crippen molar-refractivity contribution < 1.29 is 46.0 Å². The molecule has 0 saturated carbocycles. The number of halogens is 1. The fourth-order valence-corrected chi connectivity index (χ4v) is 0.875. The number of rotatable bonds is 9. The molecule has 0 heterocycles. The van der Waals surface area contributed by atoms with Gasteiger partial charge in [-0.05, 0) is 25.7 Å². The van der Waals surface area contributed by atoms with Crippen LogP contribution in [0.5, 0.6) is 0 Å². The van der Waals surface area contributed by atoms with Crippen molar-refractivity contribution in [3.63, 3.8) is 0 Å². The number of hydrogen-bond acceptors (Lipinski definition) is 3. The van der Waals surface area contributed by atoms with Crippen LogP contribution in [0.1, 0.15) is 0 Å². The first-order chi connectivity index (χ1) is 9.35. The summed E-state index contributed by atoms with van der Waals surface area (Å²) in [7, 11) is 0. The summed E-state index contributed by atoms with van der Waals surface area (Å²) in [6, 6.07) is 0. The van der Waals surface area contributed by atoms with Gasteiger partial charge in [-0.25, -0.2) is 0 Å². The third-order valence-electron chi connectivity index (χ3n) is 1.25. The largest absolute Gasteiger partial charge is 0 e. The molecule has 20 heavy (non-hydrogen) atoms. The zero-order chi connectivity index (χ0) is 15.9. The average molecular weight is 347 g/mol. The minimum Gasteiger partial charge on any atom is 0 e. The van der Waals surface area contributed by atoms with Crippen LogP contribution in [0.15, 0.2) is 0 Å². The predicted molar refractivity (Wildman–Crippen MR) is 63.6 cm³/mol. The molecule has 8 heteroatoms. The third kappa shape index (κ3) is 36.1. The number of hydrogen-bond donors (Lipinski definition) is 2. The first-order valence-corrected chi connectivity index (χ1v) is 5.22. The molecular weight excluding hydrogens is 331 g/mol. The van der Waals surface area contributed by atoms with Crippen LogP contribution in [-0.4, -0.2) is 42.0 Å². The summed E-state index contributed by atoms with van der Waals surface area (Å²) >= 11 is 5.58. The topological polar surface area (TPSA) is 109 Å². The molecule has 0 amide bonds. The molecule has 1 atom stereocenters. The molecule has 0 fully saturated rings. The Balaban J connectivity index is -0.0000000940. The molecular formula is C12H15ClFeO6. The molecule has 4 radical (unpaired) electrons. The fraction of sp³-hybridized carbons (Fsp3) is 0.417. The van der Waals surface area contributed by atoms with E-state index in [1.165, 1.54) is 0 Å². The zero-order valence-electron chi connectivity index (χ0n) is 10.5. The van der Waals surface area contributed by atoms with Crippen molar-refractivity contribution in [2.24, 2.45) is 0 Å². The normalized spacial score (nSPS) is 8.85. The van der Waals surface area contributed by atoms with Crippen molar-refractivity contribution in [1.82, 2.24) is 0 Å². The van der Waals surface area contributed by atoms with Crippen molar-refractivity contribution in [2.75, 3.05) is 25.7 Å². The van der Waals surface area contributed by atoms with Gasteiger partial charge in [-0.1, -0.05) is 0 Å². The fourth-order valence-electron chi connectivity index (χ4n) is 0.683. The molecule has 0 spiro atoms. The molecule has 0 aromatic rings. The summed E-state index contributed by atoms with van der Waals surface area (Å²) in [6.45, 7) is 13.8. The van der Waals surface area contributed by atoms with E-state index in [1.807, 2.05) is 0 Å². The molecule has 114 valence electrons. The van der Waals surface area contributed by atoms with Crippen LogP contribution in [0.3, 0.4) is 0 Å². The minimum atomic E-state index is -0.183. The SMILES string of the molecule is OC[CH][CH][CH][CH][C@@H](CCl)OCCO.[C-]#[O+].[C-]#[O+].[C-]#[O+].[Fe]. The molecule has 0 bridgehead atoms. The molecule has 0 aromatic carbocycles. The van der Waals surface area contributed by atoms with E-state index in [2.05, 4.69) is 20.0 Å².